The number of hydrogen-bond donors (Lipinski definition) is 2. The molecule has 2 amide bonds. The van der Waals surface area contributed by atoms with Crippen molar-refractivity contribution in [3.05, 3.63) is 18.2 Å². The lowest BCUT2D eigenvalue weighted by Gasteiger charge is -2.12. The van der Waals surface area contributed by atoms with Crippen LogP contribution in [0.15, 0.2) is 32.9 Å². The summed E-state index contributed by atoms with van der Waals surface area (Å²) < 4.78 is 79.6. The van der Waals surface area contributed by atoms with E-state index in [-0.39, 0.29) is 12.8 Å². The molecular formula is C11H11ClN2O10S3. The van der Waals surface area contributed by atoms with Crippen molar-refractivity contribution < 1.29 is 44.4 Å². The summed E-state index contributed by atoms with van der Waals surface area (Å²) in [5.41, 5.74) is -1.29. The molecule has 0 heterocycles. The van der Waals surface area contributed by atoms with Gasteiger partial charge in [-0.2, -0.15) is 0 Å². The summed E-state index contributed by atoms with van der Waals surface area (Å²) in [5, 5.41) is 0. The second-order valence-corrected chi connectivity index (χ2v) is 10.3. The number of ether oxygens (including phenoxy) is 1. The largest absolute Gasteiger partial charge is 0.453 e. The van der Waals surface area contributed by atoms with Gasteiger partial charge in [0.05, 0.1) is 15.5 Å². The van der Waals surface area contributed by atoms with Crippen molar-refractivity contribution in [2.24, 2.45) is 0 Å². The molecule has 0 radical (unpaired) electrons. The molecule has 1 aromatic carbocycles. The van der Waals surface area contributed by atoms with Gasteiger partial charge >= 0.3 is 5.43 Å². The molecule has 27 heavy (non-hydrogen) atoms. The van der Waals surface area contributed by atoms with E-state index in [1.165, 1.54) is 9.44 Å². The van der Waals surface area contributed by atoms with Gasteiger partial charge in [-0.1, -0.05) is 0 Å². The predicted octanol–water partition coefficient (Wildman–Crippen LogP) is -1.29. The van der Waals surface area contributed by atoms with Gasteiger partial charge in [0.1, 0.15) is 11.5 Å². The Hall–Kier alpha value is -2.23. The number of hydrogen-bond acceptors (Lipinski definition) is 10. The molecule has 0 aliphatic carbocycles. The molecule has 0 atom stereocenters. The zero-order valence-corrected chi connectivity index (χ0v) is 16.2. The Balaban J connectivity index is 3.59. The maximum absolute atomic E-state index is 12.3. The van der Waals surface area contributed by atoms with Crippen molar-refractivity contribution in [3.63, 3.8) is 0 Å². The molecule has 0 fully saturated rings. The summed E-state index contributed by atoms with van der Waals surface area (Å²) in [7, 11) is -13.7. The average molecular weight is 463 g/mol. The lowest BCUT2D eigenvalue weighted by Crippen LogP contribution is -2.27. The van der Waals surface area contributed by atoms with Gasteiger partial charge in [0.15, 0.2) is 9.84 Å². The molecule has 1 rings (SSSR count). The number of carbonyl (C=O) groups is 3. The first-order valence-corrected chi connectivity index (χ1v) is 11.5. The number of amides is 2. The summed E-state index contributed by atoms with van der Waals surface area (Å²) in [6.07, 6.45) is -0.440. The van der Waals surface area contributed by atoms with Gasteiger partial charge in [-0.3, -0.25) is 19.0 Å². The van der Waals surface area contributed by atoms with Gasteiger partial charge in [-0.15, -0.1) is 0 Å². The molecule has 0 unspecified atom stereocenters. The Morgan fingerprint density at radius 2 is 1.52 bits per heavy atom. The van der Waals surface area contributed by atoms with E-state index >= 15 is 0 Å². The van der Waals surface area contributed by atoms with Crippen LogP contribution in [0.2, 0.25) is 0 Å². The zero-order valence-electron chi connectivity index (χ0n) is 13.0. The van der Waals surface area contributed by atoms with Gasteiger partial charge in [-0.05, 0) is 18.2 Å². The van der Waals surface area contributed by atoms with Crippen LogP contribution in [0.5, 0.6) is 0 Å². The molecule has 0 aliphatic heterocycles. The van der Waals surface area contributed by atoms with Crippen LogP contribution in [-0.4, -0.2) is 55.9 Å². The first kappa shape index (κ1) is 22.8. The fourth-order valence-electron chi connectivity index (χ4n) is 1.72. The number of sulfonamides is 2. The van der Waals surface area contributed by atoms with Crippen LogP contribution >= 0.6 is 11.6 Å². The monoisotopic (exact) mass is 462 g/mol. The molecule has 0 saturated heterocycles. The molecule has 0 aliphatic rings. The van der Waals surface area contributed by atoms with Crippen LogP contribution in [0, 0.1) is 0 Å². The lowest BCUT2D eigenvalue weighted by atomic mass is 10.4. The average Bonchev–Trinajstić information content (AvgIpc) is 2.53. The Morgan fingerprint density at radius 3 is 2.04 bits per heavy atom. The number of nitrogens with one attached hydrogen (secondary N) is 2. The van der Waals surface area contributed by atoms with Crippen molar-refractivity contribution in [1.29, 1.82) is 0 Å². The standard InChI is InChI=1S/C11H11ClN2O10S3/c12-11(17)24-3-4-25(18,19)9-2-1-8(26(20,21)13-6-15)5-10(9)27(22,23)14-7-16/h1-2,5-7H,3-4H2,(H,13,15)(H,14,16). The van der Waals surface area contributed by atoms with Crippen molar-refractivity contribution >= 4 is 59.7 Å². The molecule has 12 nitrogen and oxygen atoms in total. The highest BCUT2D eigenvalue weighted by Crippen LogP contribution is 2.25. The van der Waals surface area contributed by atoms with Crippen LogP contribution < -0.4 is 9.44 Å². The maximum Gasteiger partial charge on any atom is 0.403 e. The Morgan fingerprint density at radius 1 is 0.963 bits per heavy atom. The smallest absolute Gasteiger partial charge is 0.403 e. The Kier molecular flexibility index (Phi) is 7.30. The predicted molar refractivity (Wildman–Crippen MR) is 88.5 cm³/mol. The quantitative estimate of drug-likeness (QED) is 0.312. The summed E-state index contributed by atoms with van der Waals surface area (Å²) in [4.78, 5) is 28.7. The topological polar surface area (TPSA) is 187 Å². The first-order chi connectivity index (χ1) is 12.4. The van der Waals surface area contributed by atoms with Gasteiger partial charge in [0.25, 0.3) is 20.0 Å². The fraction of sp³-hybridized carbons (Fsp3) is 0.182. The van der Waals surface area contributed by atoms with Crippen LogP contribution in [0.25, 0.3) is 0 Å². The van der Waals surface area contributed by atoms with Gasteiger partial charge in [0, 0.05) is 11.6 Å². The van der Waals surface area contributed by atoms with E-state index in [9.17, 15) is 39.6 Å². The molecule has 150 valence electrons. The molecule has 2 N–H and O–H groups in total. The van der Waals surface area contributed by atoms with Crippen LogP contribution in [-0.2, 0) is 44.2 Å². The molecule has 0 saturated carbocycles. The summed E-state index contributed by atoms with van der Waals surface area (Å²) in [5.74, 6) is -0.881. The van der Waals surface area contributed by atoms with Crippen LogP contribution in [0.4, 0.5) is 4.79 Å². The zero-order chi connectivity index (χ0) is 20.9. The molecular weight excluding hydrogens is 452 g/mol. The van der Waals surface area contributed by atoms with Crippen molar-refractivity contribution in [2.45, 2.75) is 14.7 Å². The molecule has 0 aromatic heterocycles. The third-order valence-corrected chi connectivity index (χ3v) is 7.40. The van der Waals surface area contributed by atoms with E-state index in [4.69, 9.17) is 11.6 Å². The third kappa shape index (κ3) is 5.88. The van der Waals surface area contributed by atoms with Crippen molar-refractivity contribution in [1.82, 2.24) is 9.44 Å². The fourth-order valence-corrected chi connectivity index (χ4v) is 5.40. The molecule has 1 aromatic rings. The summed E-state index contributed by atoms with van der Waals surface area (Å²) in [6.45, 7) is -0.710. The SMILES string of the molecule is O=CNS(=O)(=O)c1ccc(S(=O)(=O)CCOC(=O)Cl)c(S(=O)(=O)NC=O)c1. The minimum atomic E-state index is -4.77. The van der Waals surface area contributed by atoms with Crippen molar-refractivity contribution in [2.75, 3.05) is 12.4 Å². The summed E-state index contributed by atoms with van der Waals surface area (Å²) in [6, 6.07) is 1.82. The summed E-state index contributed by atoms with van der Waals surface area (Å²) >= 11 is 4.90. The van der Waals surface area contributed by atoms with Gasteiger partial charge < -0.3 is 4.74 Å². The van der Waals surface area contributed by atoms with E-state index in [1.54, 1.807) is 0 Å². The minimum absolute atomic E-state index is 0.182. The minimum Gasteiger partial charge on any atom is -0.453 e. The number of sulfone groups is 1. The second kappa shape index (κ2) is 8.64. The van der Waals surface area contributed by atoms with E-state index in [0.29, 0.717) is 12.1 Å². The highest BCUT2D eigenvalue weighted by atomic mass is 35.5. The Labute approximate surface area is 158 Å². The van der Waals surface area contributed by atoms with Crippen LogP contribution in [0.3, 0.4) is 0 Å². The third-order valence-electron chi connectivity index (χ3n) is 2.82. The van der Waals surface area contributed by atoms with Gasteiger partial charge in [0.2, 0.25) is 12.8 Å². The molecule has 0 bridgehead atoms. The van der Waals surface area contributed by atoms with Crippen LogP contribution in [0.1, 0.15) is 0 Å². The van der Waals surface area contributed by atoms with E-state index in [0.717, 1.165) is 6.07 Å². The number of benzene rings is 1. The first-order valence-electron chi connectivity index (χ1n) is 6.48. The van der Waals surface area contributed by atoms with Gasteiger partial charge in [-0.25, -0.2) is 30.0 Å². The van der Waals surface area contributed by atoms with E-state index < -0.39 is 62.4 Å². The van der Waals surface area contributed by atoms with E-state index in [1.807, 2.05) is 0 Å². The maximum atomic E-state index is 12.3. The number of halogens is 1. The second-order valence-electron chi connectivity index (χ2n) is 4.49. The number of rotatable bonds is 10. The molecule has 0 spiro atoms. The Bertz CT molecular complexity index is 1060. The highest BCUT2D eigenvalue weighted by Gasteiger charge is 2.29. The lowest BCUT2D eigenvalue weighted by molar-refractivity contribution is -0.108. The molecule has 16 heteroatoms. The van der Waals surface area contributed by atoms with Crippen molar-refractivity contribution in [3.8, 4) is 0 Å². The van der Waals surface area contributed by atoms with E-state index in [2.05, 4.69) is 4.74 Å². The normalized spacial score (nSPS) is 12.0. The highest BCUT2D eigenvalue weighted by molar-refractivity contribution is 7.94. The number of carbonyl (C=O) groups excluding carboxylic acids is 3.